The molecule has 0 aliphatic heterocycles. The average Bonchev–Trinajstić information content (AvgIpc) is 3.10. The maximum Gasteiger partial charge on any atom is 0.124 e. The number of aliphatic imine (C=N–C) groups is 2. The van der Waals surface area contributed by atoms with Gasteiger partial charge in [-0.05, 0) is 124 Å². The zero-order chi connectivity index (χ0) is 34.2. The van der Waals surface area contributed by atoms with E-state index in [0.717, 1.165) is 71.9 Å². The van der Waals surface area contributed by atoms with Crippen LogP contribution in [0.15, 0.2) is 125 Å². The van der Waals surface area contributed by atoms with Crippen molar-refractivity contribution in [2.45, 2.75) is 20.8 Å². The number of hydrogen-bond acceptors (Lipinski definition) is 4. The summed E-state index contributed by atoms with van der Waals surface area (Å²) in [7, 11) is 0. The zero-order valence-electron chi connectivity index (χ0n) is 27.2. The SMILES string of the molecule is Cc1cc(C)c(N=Cc2c(O)ccc3cc(-c4ccc(Cl)cc4)ccc23)c(C)c1N=Cc1c(O)ccc2cc(-c3ccc(Cl)cc3)ccc12. The maximum absolute atomic E-state index is 10.9. The molecule has 0 radical (unpaired) electrons. The van der Waals surface area contributed by atoms with Gasteiger partial charge in [-0.15, -0.1) is 0 Å². The van der Waals surface area contributed by atoms with Gasteiger partial charge < -0.3 is 10.2 Å². The molecule has 7 aromatic carbocycles. The Morgan fingerprint density at radius 3 is 1.27 bits per heavy atom. The number of hydrogen-bond donors (Lipinski definition) is 2. The van der Waals surface area contributed by atoms with Gasteiger partial charge in [0, 0.05) is 39.2 Å². The summed E-state index contributed by atoms with van der Waals surface area (Å²) in [4.78, 5) is 9.83. The van der Waals surface area contributed by atoms with Gasteiger partial charge in [-0.2, -0.15) is 0 Å². The molecule has 7 aromatic rings. The number of aryl methyl sites for hydroxylation is 2. The number of halogens is 2. The second-order valence-electron chi connectivity index (χ2n) is 12.2. The van der Waals surface area contributed by atoms with Crippen LogP contribution in [-0.2, 0) is 0 Å². The third-order valence-corrected chi connectivity index (χ3v) is 9.47. The molecule has 49 heavy (non-hydrogen) atoms. The van der Waals surface area contributed by atoms with E-state index in [1.165, 1.54) is 0 Å². The van der Waals surface area contributed by atoms with Crippen molar-refractivity contribution < 1.29 is 10.2 Å². The van der Waals surface area contributed by atoms with Crippen molar-refractivity contribution in [3.8, 4) is 33.8 Å². The third kappa shape index (κ3) is 6.41. The fourth-order valence-electron chi connectivity index (χ4n) is 6.42. The van der Waals surface area contributed by atoms with E-state index in [1.807, 2.05) is 106 Å². The van der Waals surface area contributed by atoms with Crippen LogP contribution in [-0.4, -0.2) is 22.6 Å². The van der Waals surface area contributed by atoms with Crippen molar-refractivity contribution in [1.29, 1.82) is 0 Å². The molecule has 0 saturated carbocycles. The number of fused-ring (bicyclic) bond motifs is 2. The van der Waals surface area contributed by atoms with Crippen LogP contribution in [0.25, 0.3) is 43.8 Å². The minimum Gasteiger partial charge on any atom is -0.507 e. The summed E-state index contributed by atoms with van der Waals surface area (Å²) in [5, 5.41) is 27.0. The van der Waals surface area contributed by atoms with Crippen LogP contribution in [0.5, 0.6) is 11.5 Å². The van der Waals surface area contributed by atoms with Crippen LogP contribution in [0.2, 0.25) is 10.0 Å². The number of phenols is 2. The van der Waals surface area contributed by atoms with Gasteiger partial charge in [0.1, 0.15) is 11.5 Å². The number of nitrogens with zero attached hydrogens (tertiary/aromatic N) is 2. The fourth-order valence-corrected chi connectivity index (χ4v) is 6.67. The first-order valence-electron chi connectivity index (χ1n) is 15.9. The van der Waals surface area contributed by atoms with Gasteiger partial charge in [0.05, 0.1) is 11.4 Å². The molecule has 7 rings (SSSR count). The molecule has 0 unspecified atom stereocenters. The molecule has 0 atom stereocenters. The Kier molecular flexibility index (Phi) is 8.68. The Balaban J connectivity index is 1.23. The van der Waals surface area contributed by atoms with Gasteiger partial charge in [0.2, 0.25) is 0 Å². The molecular weight excluding hydrogens is 647 g/mol. The van der Waals surface area contributed by atoms with Gasteiger partial charge >= 0.3 is 0 Å². The molecule has 0 fully saturated rings. The molecule has 0 aliphatic carbocycles. The average molecular weight is 680 g/mol. The second kappa shape index (κ2) is 13.2. The molecule has 0 aromatic heterocycles. The van der Waals surface area contributed by atoms with Crippen LogP contribution < -0.4 is 0 Å². The first-order valence-corrected chi connectivity index (χ1v) is 16.6. The summed E-state index contributed by atoms with van der Waals surface area (Å²) in [5.74, 6) is 0.309. The first-order chi connectivity index (χ1) is 23.7. The van der Waals surface area contributed by atoms with Gasteiger partial charge in [-0.3, -0.25) is 9.98 Å². The molecule has 2 N–H and O–H groups in total. The van der Waals surface area contributed by atoms with Crippen LogP contribution in [0.1, 0.15) is 27.8 Å². The first kappa shape index (κ1) is 32.1. The summed E-state index contributed by atoms with van der Waals surface area (Å²) >= 11 is 12.2. The topological polar surface area (TPSA) is 65.2 Å². The highest BCUT2D eigenvalue weighted by atomic mass is 35.5. The lowest BCUT2D eigenvalue weighted by atomic mass is 9.98. The Morgan fingerprint density at radius 1 is 0.469 bits per heavy atom. The van der Waals surface area contributed by atoms with Crippen LogP contribution in [0.3, 0.4) is 0 Å². The predicted molar refractivity (Wildman–Crippen MR) is 207 cm³/mol. The highest BCUT2D eigenvalue weighted by Crippen LogP contribution is 2.37. The van der Waals surface area contributed by atoms with Gasteiger partial charge in [-0.1, -0.05) is 89.9 Å². The van der Waals surface area contributed by atoms with E-state index in [-0.39, 0.29) is 11.5 Å². The highest BCUT2D eigenvalue weighted by molar-refractivity contribution is 6.31. The molecular formula is C43H32Cl2N2O2. The molecule has 0 aliphatic rings. The van der Waals surface area contributed by atoms with E-state index in [9.17, 15) is 10.2 Å². The van der Waals surface area contributed by atoms with Crippen molar-refractivity contribution in [1.82, 2.24) is 0 Å². The van der Waals surface area contributed by atoms with Crippen molar-refractivity contribution in [3.63, 3.8) is 0 Å². The Bertz CT molecular complexity index is 2280. The maximum atomic E-state index is 10.9. The molecule has 4 nitrogen and oxygen atoms in total. The summed E-state index contributed by atoms with van der Waals surface area (Å²) in [6.07, 6.45) is 3.46. The molecule has 0 spiro atoms. The standard InChI is InChI=1S/C43H32Cl2N2O2/c1-25-20-26(2)43(47-24-39-37-17-9-31(22-33(37)11-19-41(39)49)29-6-14-35(45)15-7-29)27(3)42(25)46-23-38-36-16-8-30(21-32(36)10-18-40(38)48)28-4-12-34(44)13-5-28/h4-24,48-49H,1-3H3. The quantitative estimate of drug-likeness (QED) is 0.172. The number of phenolic OH excluding ortho intramolecular Hbond substituents is 2. The lowest BCUT2D eigenvalue weighted by molar-refractivity contribution is 0.475. The minimum atomic E-state index is 0.154. The third-order valence-electron chi connectivity index (χ3n) is 8.97. The number of aromatic hydroxyl groups is 2. The normalized spacial score (nSPS) is 11.8. The molecule has 0 saturated heterocycles. The lowest BCUT2D eigenvalue weighted by Crippen LogP contribution is -1.91. The Labute approximate surface area is 295 Å². The molecule has 6 heteroatoms. The molecule has 0 bridgehead atoms. The van der Waals surface area contributed by atoms with E-state index in [4.69, 9.17) is 33.2 Å². The Hall–Kier alpha value is -5.42. The van der Waals surface area contributed by atoms with E-state index in [1.54, 1.807) is 24.6 Å². The fraction of sp³-hybridized carbons (Fsp3) is 0.0698. The highest BCUT2D eigenvalue weighted by Gasteiger charge is 2.13. The molecule has 240 valence electrons. The van der Waals surface area contributed by atoms with Crippen LogP contribution in [0, 0.1) is 20.8 Å². The van der Waals surface area contributed by atoms with E-state index >= 15 is 0 Å². The molecule has 0 heterocycles. The van der Waals surface area contributed by atoms with E-state index in [2.05, 4.69) is 18.2 Å². The van der Waals surface area contributed by atoms with E-state index < -0.39 is 0 Å². The summed E-state index contributed by atoms with van der Waals surface area (Å²) in [6.45, 7) is 6.05. The number of rotatable bonds is 6. The zero-order valence-corrected chi connectivity index (χ0v) is 28.7. The number of benzene rings is 7. The van der Waals surface area contributed by atoms with Crippen LogP contribution >= 0.6 is 23.2 Å². The molecule has 0 amide bonds. The lowest BCUT2D eigenvalue weighted by Gasteiger charge is -2.13. The van der Waals surface area contributed by atoms with E-state index in [0.29, 0.717) is 21.2 Å². The second-order valence-corrected chi connectivity index (χ2v) is 13.1. The van der Waals surface area contributed by atoms with Crippen molar-refractivity contribution in [2.75, 3.05) is 0 Å². The summed E-state index contributed by atoms with van der Waals surface area (Å²) in [5.41, 5.74) is 9.99. The largest absolute Gasteiger partial charge is 0.507 e. The minimum absolute atomic E-state index is 0.154. The monoisotopic (exact) mass is 678 g/mol. The summed E-state index contributed by atoms with van der Waals surface area (Å²) in [6, 6.07) is 37.1. The smallest absolute Gasteiger partial charge is 0.124 e. The van der Waals surface area contributed by atoms with Gasteiger partial charge in [-0.25, -0.2) is 0 Å². The van der Waals surface area contributed by atoms with Gasteiger partial charge in [0.15, 0.2) is 0 Å². The van der Waals surface area contributed by atoms with Gasteiger partial charge in [0.25, 0.3) is 0 Å². The van der Waals surface area contributed by atoms with Crippen molar-refractivity contribution in [3.05, 3.63) is 153 Å². The van der Waals surface area contributed by atoms with Crippen molar-refractivity contribution >= 4 is 68.6 Å². The predicted octanol–water partition coefficient (Wildman–Crippen LogP) is 12.5. The summed E-state index contributed by atoms with van der Waals surface area (Å²) < 4.78 is 0. The Morgan fingerprint density at radius 2 is 0.857 bits per heavy atom. The van der Waals surface area contributed by atoms with Crippen LogP contribution in [0.4, 0.5) is 11.4 Å². The van der Waals surface area contributed by atoms with Crippen molar-refractivity contribution in [2.24, 2.45) is 9.98 Å².